The maximum Gasteiger partial charge on any atom is 0.257 e. The van der Waals surface area contributed by atoms with Gasteiger partial charge in [0.1, 0.15) is 11.8 Å². The van der Waals surface area contributed by atoms with Gasteiger partial charge in [-0.3, -0.25) is 14.4 Å². The molecule has 7 nitrogen and oxygen atoms in total. The molecule has 7 heteroatoms. The lowest BCUT2D eigenvalue weighted by Crippen LogP contribution is -2.54. The number of aryl methyl sites for hydroxylation is 2. The molecule has 2 saturated heterocycles. The molecule has 1 atom stereocenters. The van der Waals surface area contributed by atoms with Crippen LogP contribution in [0.5, 0.6) is 5.75 Å². The molecule has 0 bridgehead atoms. The average Bonchev–Trinajstić information content (AvgIpc) is 3.06. The zero-order valence-corrected chi connectivity index (χ0v) is 15.5. The fourth-order valence-corrected chi connectivity index (χ4v) is 3.70. The number of benzene rings is 1. The van der Waals surface area contributed by atoms with Crippen molar-refractivity contribution in [3.8, 4) is 5.75 Å². The number of methoxy groups -OCH3 is 1. The van der Waals surface area contributed by atoms with E-state index in [2.05, 4.69) is 5.32 Å². The van der Waals surface area contributed by atoms with Crippen molar-refractivity contribution in [2.24, 2.45) is 0 Å². The van der Waals surface area contributed by atoms with E-state index in [1.54, 1.807) is 16.9 Å². The Kier molecular flexibility index (Phi) is 5.15. The molecule has 1 N–H and O–H groups in total. The standard InChI is InChI=1S/C19H25N3O4/c1-12-10-13(2)17(26-3)14(11-12)18(24)21-6-8-22(9-7-21)19(25)15-4-5-16(23)20-15/h10-11,15H,4-9H2,1-3H3,(H,20,23). The van der Waals surface area contributed by atoms with Gasteiger partial charge < -0.3 is 19.9 Å². The predicted octanol–water partition coefficient (Wildman–Crippen LogP) is 0.875. The van der Waals surface area contributed by atoms with Crippen molar-refractivity contribution < 1.29 is 19.1 Å². The van der Waals surface area contributed by atoms with E-state index in [4.69, 9.17) is 4.74 Å². The summed E-state index contributed by atoms with van der Waals surface area (Å²) < 4.78 is 5.43. The fraction of sp³-hybridized carbons (Fsp3) is 0.526. The summed E-state index contributed by atoms with van der Waals surface area (Å²) >= 11 is 0. The molecule has 1 unspecified atom stereocenters. The van der Waals surface area contributed by atoms with E-state index >= 15 is 0 Å². The summed E-state index contributed by atoms with van der Waals surface area (Å²) in [6, 6.07) is 3.42. The van der Waals surface area contributed by atoms with Gasteiger partial charge >= 0.3 is 0 Å². The SMILES string of the molecule is COc1c(C)cc(C)cc1C(=O)N1CCN(C(=O)C2CCC(=O)N2)CC1. The number of rotatable bonds is 3. The van der Waals surface area contributed by atoms with Crippen molar-refractivity contribution in [1.82, 2.24) is 15.1 Å². The lowest BCUT2D eigenvalue weighted by atomic mass is 10.0. The van der Waals surface area contributed by atoms with Gasteiger partial charge in [0.2, 0.25) is 11.8 Å². The molecule has 0 aliphatic carbocycles. The van der Waals surface area contributed by atoms with Gasteiger partial charge in [-0.2, -0.15) is 0 Å². The van der Waals surface area contributed by atoms with Crippen LogP contribution in [0.15, 0.2) is 12.1 Å². The van der Waals surface area contributed by atoms with Crippen LogP contribution in [0, 0.1) is 13.8 Å². The van der Waals surface area contributed by atoms with Gasteiger partial charge in [-0.25, -0.2) is 0 Å². The summed E-state index contributed by atoms with van der Waals surface area (Å²) in [5, 5.41) is 2.71. The Balaban J connectivity index is 1.66. The molecule has 26 heavy (non-hydrogen) atoms. The Hall–Kier alpha value is -2.57. The van der Waals surface area contributed by atoms with Gasteiger partial charge in [0, 0.05) is 32.6 Å². The summed E-state index contributed by atoms with van der Waals surface area (Å²) in [6.45, 7) is 5.78. The Labute approximate surface area is 153 Å². The lowest BCUT2D eigenvalue weighted by molar-refractivity contribution is -0.135. The molecule has 3 amide bonds. The molecule has 2 heterocycles. The minimum absolute atomic E-state index is 0.0491. The highest BCUT2D eigenvalue weighted by Crippen LogP contribution is 2.27. The van der Waals surface area contributed by atoms with Crippen molar-refractivity contribution in [3.05, 3.63) is 28.8 Å². The monoisotopic (exact) mass is 359 g/mol. The second-order valence-corrected chi connectivity index (χ2v) is 6.94. The third-order valence-corrected chi connectivity index (χ3v) is 5.03. The minimum Gasteiger partial charge on any atom is -0.496 e. The maximum absolute atomic E-state index is 12.9. The summed E-state index contributed by atoms with van der Waals surface area (Å²) in [5.41, 5.74) is 2.51. The maximum atomic E-state index is 12.9. The van der Waals surface area contributed by atoms with Crippen molar-refractivity contribution in [1.29, 1.82) is 0 Å². The Morgan fingerprint density at radius 2 is 1.77 bits per heavy atom. The number of piperazine rings is 1. The number of nitrogens with one attached hydrogen (secondary N) is 1. The van der Waals surface area contributed by atoms with Crippen molar-refractivity contribution in [3.63, 3.8) is 0 Å². The molecule has 2 fully saturated rings. The van der Waals surface area contributed by atoms with Crippen LogP contribution in [0.2, 0.25) is 0 Å². The molecule has 1 aromatic rings. The number of hydrogen-bond donors (Lipinski definition) is 1. The van der Waals surface area contributed by atoms with E-state index in [0.717, 1.165) is 11.1 Å². The number of carbonyl (C=O) groups is 3. The number of hydrogen-bond acceptors (Lipinski definition) is 4. The van der Waals surface area contributed by atoms with Gasteiger partial charge in [0.15, 0.2) is 0 Å². The Morgan fingerprint density at radius 3 is 2.35 bits per heavy atom. The highest BCUT2D eigenvalue weighted by molar-refractivity contribution is 5.98. The Morgan fingerprint density at radius 1 is 1.12 bits per heavy atom. The lowest BCUT2D eigenvalue weighted by Gasteiger charge is -2.36. The molecule has 0 saturated carbocycles. The van der Waals surface area contributed by atoms with Gasteiger partial charge in [-0.15, -0.1) is 0 Å². The van der Waals surface area contributed by atoms with Crippen LogP contribution in [0.4, 0.5) is 0 Å². The molecule has 2 aliphatic heterocycles. The molecule has 0 radical (unpaired) electrons. The minimum atomic E-state index is -0.413. The quantitative estimate of drug-likeness (QED) is 0.869. The highest BCUT2D eigenvalue weighted by Gasteiger charge is 2.33. The molecular weight excluding hydrogens is 334 g/mol. The van der Waals surface area contributed by atoms with E-state index in [9.17, 15) is 14.4 Å². The van der Waals surface area contributed by atoms with Crippen molar-refractivity contribution in [2.45, 2.75) is 32.7 Å². The number of nitrogens with zero attached hydrogens (tertiary/aromatic N) is 2. The molecular formula is C19H25N3O4. The number of amides is 3. The zero-order chi connectivity index (χ0) is 18.8. The van der Waals surface area contributed by atoms with Crippen LogP contribution in [0.1, 0.15) is 34.3 Å². The van der Waals surface area contributed by atoms with Crippen LogP contribution >= 0.6 is 0 Å². The van der Waals surface area contributed by atoms with E-state index in [-0.39, 0.29) is 17.7 Å². The molecule has 0 spiro atoms. The summed E-state index contributed by atoms with van der Waals surface area (Å²) in [7, 11) is 1.57. The van der Waals surface area contributed by atoms with Crippen molar-refractivity contribution in [2.75, 3.05) is 33.3 Å². The fourth-order valence-electron chi connectivity index (χ4n) is 3.70. The second-order valence-electron chi connectivity index (χ2n) is 6.94. The highest BCUT2D eigenvalue weighted by atomic mass is 16.5. The molecule has 0 aromatic heterocycles. The summed E-state index contributed by atoms with van der Waals surface area (Å²) in [5.74, 6) is 0.411. The summed E-state index contributed by atoms with van der Waals surface area (Å²) in [4.78, 5) is 40.2. The zero-order valence-electron chi connectivity index (χ0n) is 15.5. The smallest absolute Gasteiger partial charge is 0.257 e. The first kappa shape index (κ1) is 18.2. The third-order valence-electron chi connectivity index (χ3n) is 5.03. The van der Waals surface area contributed by atoms with Crippen LogP contribution in [-0.2, 0) is 9.59 Å². The molecule has 2 aliphatic rings. The third kappa shape index (κ3) is 3.52. The van der Waals surface area contributed by atoms with Gasteiger partial charge in [-0.1, -0.05) is 6.07 Å². The first-order chi connectivity index (χ1) is 12.4. The van der Waals surface area contributed by atoms with Crippen LogP contribution < -0.4 is 10.1 Å². The number of carbonyl (C=O) groups excluding carboxylic acids is 3. The van der Waals surface area contributed by atoms with E-state index in [0.29, 0.717) is 50.3 Å². The first-order valence-electron chi connectivity index (χ1n) is 8.93. The van der Waals surface area contributed by atoms with Crippen LogP contribution in [0.25, 0.3) is 0 Å². The topological polar surface area (TPSA) is 79.0 Å². The second kappa shape index (κ2) is 7.35. The van der Waals surface area contributed by atoms with E-state index in [1.165, 1.54) is 0 Å². The van der Waals surface area contributed by atoms with Crippen LogP contribution in [0.3, 0.4) is 0 Å². The molecule has 1 aromatic carbocycles. The van der Waals surface area contributed by atoms with E-state index in [1.807, 2.05) is 26.0 Å². The normalized spacial score (nSPS) is 20.1. The van der Waals surface area contributed by atoms with Crippen molar-refractivity contribution >= 4 is 17.7 Å². The number of ether oxygens (including phenoxy) is 1. The first-order valence-corrected chi connectivity index (χ1v) is 8.93. The summed E-state index contributed by atoms with van der Waals surface area (Å²) in [6.07, 6.45) is 0.956. The van der Waals surface area contributed by atoms with Gasteiger partial charge in [0.05, 0.1) is 12.7 Å². The largest absolute Gasteiger partial charge is 0.496 e. The Bertz CT molecular complexity index is 739. The predicted molar refractivity (Wildman–Crippen MR) is 96.1 cm³/mol. The van der Waals surface area contributed by atoms with E-state index < -0.39 is 6.04 Å². The van der Waals surface area contributed by atoms with Gasteiger partial charge in [0.25, 0.3) is 5.91 Å². The molecule has 3 rings (SSSR count). The molecule has 140 valence electrons. The van der Waals surface area contributed by atoms with Crippen LogP contribution in [-0.4, -0.2) is 66.9 Å². The van der Waals surface area contributed by atoms with Gasteiger partial charge in [-0.05, 0) is 37.5 Å². The average molecular weight is 359 g/mol.